The van der Waals surface area contributed by atoms with Crippen molar-refractivity contribution in [2.75, 3.05) is 19.8 Å². The van der Waals surface area contributed by atoms with Crippen molar-refractivity contribution in [1.29, 1.82) is 0 Å². The van der Waals surface area contributed by atoms with Gasteiger partial charge in [-0.15, -0.1) is 4.80 Å². The van der Waals surface area contributed by atoms with E-state index in [1.807, 2.05) is 0 Å². The van der Waals surface area contributed by atoms with Gasteiger partial charge in [0.1, 0.15) is 5.78 Å². The number of nitrogens with zero attached hydrogens (tertiary/aromatic N) is 7. The fourth-order valence-corrected chi connectivity index (χ4v) is 4.19. The number of Topliss-reactive ketones (excluding diaryl/α,β-unsaturated/α-hetero) is 1. The van der Waals surface area contributed by atoms with E-state index >= 15 is 0 Å². The molecule has 1 unspecified atom stereocenters. The predicted octanol–water partition coefficient (Wildman–Crippen LogP) is 2.03. The lowest BCUT2D eigenvalue weighted by Crippen LogP contribution is -2.36. The Hall–Kier alpha value is -2.92. The van der Waals surface area contributed by atoms with Gasteiger partial charge in [-0.05, 0) is 11.6 Å². The molecule has 12 heteroatoms. The highest BCUT2D eigenvalue weighted by Crippen LogP contribution is 2.24. The molecule has 1 aliphatic rings. The molecular formula is C20H18Cl2N8O2. The third-order valence-electron chi connectivity index (χ3n) is 5.10. The maximum atomic E-state index is 12.9. The molecule has 1 fully saturated rings. The number of aromatic nitrogens is 7. The van der Waals surface area contributed by atoms with Crippen molar-refractivity contribution in [1.82, 2.24) is 39.9 Å². The molecule has 4 aromatic rings. The third-order valence-corrected chi connectivity index (χ3v) is 5.56. The Bertz CT molecular complexity index is 1270. The average molecular weight is 473 g/mol. The number of ketones is 1. The van der Waals surface area contributed by atoms with E-state index < -0.39 is 0 Å². The van der Waals surface area contributed by atoms with E-state index in [9.17, 15) is 4.79 Å². The first-order valence-corrected chi connectivity index (χ1v) is 10.7. The van der Waals surface area contributed by atoms with Crippen LogP contribution in [0.1, 0.15) is 22.9 Å². The largest absolute Gasteiger partial charge is 0.378 e. The van der Waals surface area contributed by atoms with Crippen molar-refractivity contribution < 1.29 is 9.53 Å². The average Bonchev–Trinajstić information content (AvgIpc) is 3.43. The molecule has 0 amide bonds. The van der Waals surface area contributed by atoms with Gasteiger partial charge in [0.2, 0.25) is 0 Å². The number of halogens is 2. The summed E-state index contributed by atoms with van der Waals surface area (Å²) in [6.45, 7) is 1.81. The zero-order chi connectivity index (χ0) is 22.1. The Morgan fingerprint density at radius 1 is 1.16 bits per heavy atom. The third kappa shape index (κ3) is 4.22. The molecule has 1 aliphatic heterocycles. The summed E-state index contributed by atoms with van der Waals surface area (Å²) >= 11 is 12.4. The van der Waals surface area contributed by atoms with E-state index in [1.165, 1.54) is 17.2 Å². The zero-order valence-corrected chi connectivity index (χ0v) is 18.3. The highest BCUT2D eigenvalue weighted by atomic mass is 35.5. The van der Waals surface area contributed by atoms with E-state index in [1.54, 1.807) is 29.0 Å². The molecule has 10 nitrogen and oxygen atoms in total. The summed E-state index contributed by atoms with van der Waals surface area (Å²) in [6.07, 6.45) is 6.73. The van der Waals surface area contributed by atoms with Gasteiger partial charge in [-0.3, -0.25) is 4.79 Å². The summed E-state index contributed by atoms with van der Waals surface area (Å²) in [5.41, 5.74) is 2.91. The monoisotopic (exact) mass is 472 g/mol. The second-order valence-electron chi connectivity index (χ2n) is 7.35. The summed E-state index contributed by atoms with van der Waals surface area (Å²) in [7, 11) is 0. The fraction of sp³-hybridized carbons (Fsp3) is 0.300. The first-order valence-electron chi connectivity index (χ1n) is 9.95. The van der Waals surface area contributed by atoms with Crippen molar-refractivity contribution in [2.45, 2.75) is 18.9 Å². The highest BCUT2D eigenvalue weighted by Gasteiger charge is 2.24. The number of hydrogen-bond donors (Lipinski definition) is 1. The van der Waals surface area contributed by atoms with Gasteiger partial charge >= 0.3 is 0 Å². The molecule has 0 aromatic carbocycles. The van der Waals surface area contributed by atoms with E-state index in [0.29, 0.717) is 47.0 Å². The van der Waals surface area contributed by atoms with Crippen LogP contribution in [-0.4, -0.2) is 60.1 Å². The zero-order valence-electron chi connectivity index (χ0n) is 16.8. The van der Waals surface area contributed by atoms with Crippen LogP contribution in [0, 0.1) is 0 Å². The Morgan fingerprint density at radius 3 is 2.75 bits per heavy atom. The first kappa shape index (κ1) is 21.0. The fourth-order valence-electron chi connectivity index (χ4n) is 3.75. The van der Waals surface area contributed by atoms with Crippen LogP contribution in [-0.2, 0) is 22.4 Å². The van der Waals surface area contributed by atoms with Crippen molar-refractivity contribution in [3.63, 3.8) is 0 Å². The van der Waals surface area contributed by atoms with Crippen LogP contribution in [0.25, 0.3) is 11.5 Å². The number of hydrogen-bond acceptors (Lipinski definition) is 8. The van der Waals surface area contributed by atoms with Crippen LogP contribution in [0.5, 0.6) is 0 Å². The summed E-state index contributed by atoms with van der Waals surface area (Å²) < 4.78 is 7.31. The molecule has 0 saturated carbocycles. The minimum absolute atomic E-state index is 0.00906. The predicted molar refractivity (Wildman–Crippen MR) is 116 cm³/mol. The Balaban J connectivity index is 1.39. The van der Waals surface area contributed by atoms with Crippen LogP contribution < -0.4 is 5.32 Å². The van der Waals surface area contributed by atoms with E-state index in [4.69, 9.17) is 27.9 Å². The number of rotatable bonds is 6. The Morgan fingerprint density at radius 2 is 2.00 bits per heavy atom. The number of ether oxygens (including phenoxy) is 1. The molecule has 1 atom stereocenters. The van der Waals surface area contributed by atoms with Crippen molar-refractivity contribution in [3.8, 4) is 5.82 Å². The number of nitrogens with one attached hydrogen (secondary N) is 1. The quantitative estimate of drug-likeness (QED) is 0.453. The van der Waals surface area contributed by atoms with E-state index in [-0.39, 0.29) is 24.7 Å². The summed E-state index contributed by atoms with van der Waals surface area (Å²) in [6, 6.07) is 3.27. The summed E-state index contributed by atoms with van der Waals surface area (Å²) in [5, 5.41) is 16.5. The minimum Gasteiger partial charge on any atom is -0.378 e. The van der Waals surface area contributed by atoms with E-state index in [0.717, 1.165) is 11.3 Å². The molecule has 0 radical (unpaired) electrons. The second-order valence-corrected chi connectivity index (χ2v) is 8.14. The Kier molecular flexibility index (Phi) is 5.83. The van der Waals surface area contributed by atoms with Crippen LogP contribution >= 0.6 is 23.2 Å². The van der Waals surface area contributed by atoms with Crippen LogP contribution in [0.4, 0.5) is 0 Å². The highest BCUT2D eigenvalue weighted by molar-refractivity contribution is 6.32. The molecule has 0 aliphatic carbocycles. The number of carbonyl (C=O) groups excluding carboxylic acids is 1. The molecule has 5 rings (SSSR count). The van der Waals surface area contributed by atoms with Gasteiger partial charge in [0.25, 0.3) is 0 Å². The Labute approximate surface area is 192 Å². The molecule has 1 saturated heterocycles. The van der Waals surface area contributed by atoms with Gasteiger partial charge in [0, 0.05) is 43.4 Å². The van der Waals surface area contributed by atoms with Crippen molar-refractivity contribution in [2.24, 2.45) is 0 Å². The lowest BCUT2D eigenvalue weighted by atomic mass is 10.0. The molecule has 0 bridgehead atoms. The van der Waals surface area contributed by atoms with Crippen LogP contribution in [0.2, 0.25) is 10.2 Å². The van der Waals surface area contributed by atoms with Gasteiger partial charge in [0.05, 0.1) is 42.4 Å². The molecule has 32 heavy (non-hydrogen) atoms. The first-order chi connectivity index (χ1) is 15.6. The second kappa shape index (κ2) is 8.91. The lowest BCUT2D eigenvalue weighted by Gasteiger charge is -2.26. The molecular weight excluding hydrogens is 455 g/mol. The smallest absolute Gasteiger partial charge is 0.193 e. The normalized spacial score (nSPS) is 16.5. The number of carbonyl (C=O) groups is 1. The van der Waals surface area contributed by atoms with Crippen molar-refractivity contribution >= 4 is 34.6 Å². The minimum atomic E-state index is -0.120. The van der Waals surface area contributed by atoms with Crippen molar-refractivity contribution in [3.05, 3.63) is 63.9 Å². The molecule has 0 spiro atoms. The number of morpholine rings is 1. The van der Waals surface area contributed by atoms with Gasteiger partial charge in [-0.1, -0.05) is 23.2 Å². The number of fused-ring (bicyclic) bond motifs is 1. The topological polar surface area (TPSA) is 112 Å². The maximum Gasteiger partial charge on any atom is 0.193 e. The van der Waals surface area contributed by atoms with Gasteiger partial charge in [0.15, 0.2) is 16.6 Å². The molecule has 1 N–H and O–H groups in total. The molecule has 4 aromatic heterocycles. The standard InChI is InChI=1S/C20H18Cl2N8O2/c21-15-6-12(9-25-20(15)30-26-1-2-27-30)5-14(31)7-13-10-24-18-8-17(22)28-29(18)19(13)16-11-32-4-3-23-16/h1-2,6,8-10,16,23H,3-5,7,11H2. The molecule has 5 heterocycles. The van der Waals surface area contributed by atoms with Gasteiger partial charge in [-0.2, -0.15) is 15.3 Å². The lowest BCUT2D eigenvalue weighted by molar-refractivity contribution is -0.117. The summed E-state index contributed by atoms with van der Waals surface area (Å²) in [5.74, 6) is 0.397. The van der Waals surface area contributed by atoms with Crippen LogP contribution in [0.15, 0.2) is 36.9 Å². The summed E-state index contributed by atoms with van der Waals surface area (Å²) in [4.78, 5) is 23.0. The molecule has 164 valence electrons. The van der Waals surface area contributed by atoms with E-state index in [2.05, 4.69) is 30.6 Å². The van der Waals surface area contributed by atoms with Gasteiger partial charge in [-0.25, -0.2) is 14.5 Å². The number of pyridine rings is 1. The maximum absolute atomic E-state index is 12.9. The van der Waals surface area contributed by atoms with Gasteiger partial charge < -0.3 is 10.1 Å². The SMILES string of the molecule is O=C(Cc1cnc(-n2nccn2)c(Cl)c1)Cc1cnc2cc(Cl)nn2c1C1COCCN1. The van der Waals surface area contributed by atoms with Crippen LogP contribution in [0.3, 0.4) is 0 Å².